The van der Waals surface area contributed by atoms with Crippen LogP contribution in [0.15, 0.2) is 12.3 Å². The van der Waals surface area contributed by atoms with Crippen molar-refractivity contribution in [2.45, 2.75) is 113 Å². The molecule has 5 nitrogen and oxygen atoms in total. The van der Waals surface area contributed by atoms with Crippen molar-refractivity contribution in [3.8, 4) is 16.5 Å². The highest BCUT2D eigenvalue weighted by Gasteiger charge is 2.38. The number of carboxylic acid groups (broad SMARTS) is 1. The number of hydrogen-bond acceptors (Lipinski definition) is 5. The standard InChI is InChI=1S/C15H18F2N2OS.C14H28O2/c1-4-5-6-13-9(2)19-15(21-13)12-7-11(17)8-18-14(12)20-10(3)16;1-6-9-14(8-3,13(15)16)10-12(7-2)11(4)5/h7-8,10H,4-6H2,1-3H3;11-12H,6-10H2,1-5H3,(H,15,16). The van der Waals surface area contributed by atoms with E-state index in [2.05, 4.69) is 44.6 Å². The van der Waals surface area contributed by atoms with Crippen molar-refractivity contribution in [2.24, 2.45) is 17.3 Å². The van der Waals surface area contributed by atoms with E-state index in [1.807, 2.05) is 13.8 Å². The number of pyridine rings is 1. The van der Waals surface area contributed by atoms with Crippen LogP contribution in [0.5, 0.6) is 5.88 Å². The summed E-state index contributed by atoms with van der Waals surface area (Å²) in [4.78, 5) is 21.0. The van der Waals surface area contributed by atoms with E-state index in [-0.39, 0.29) is 5.88 Å². The third-order valence-electron chi connectivity index (χ3n) is 6.95. The van der Waals surface area contributed by atoms with Crippen molar-refractivity contribution in [1.82, 2.24) is 9.97 Å². The summed E-state index contributed by atoms with van der Waals surface area (Å²) in [6, 6.07) is 1.28. The number of nitrogens with zero attached hydrogens (tertiary/aromatic N) is 2. The number of aryl methyl sites for hydroxylation is 2. The smallest absolute Gasteiger partial charge is 0.309 e. The van der Waals surface area contributed by atoms with Crippen molar-refractivity contribution in [2.75, 3.05) is 0 Å². The zero-order valence-electron chi connectivity index (χ0n) is 23.9. The Hall–Kier alpha value is -2.09. The lowest BCUT2D eigenvalue weighted by Gasteiger charge is -2.33. The SMILES string of the molecule is CCCC(CC)(CC(CC)C(C)C)C(=O)O.CCCCc1sc(-c2cc(F)cnc2OC(C)F)nc1C. The lowest BCUT2D eigenvalue weighted by atomic mass is 9.71. The first-order valence-corrected chi connectivity index (χ1v) is 14.4. The molecular weight excluding hydrogens is 494 g/mol. The summed E-state index contributed by atoms with van der Waals surface area (Å²) in [7, 11) is 0. The van der Waals surface area contributed by atoms with E-state index in [4.69, 9.17) is 4.74 Å². The van der Waals surface area contributed by atoms with Crippen LogP contribution in [0.3, 0.4) is 0 Å². The number of aromatic nitrogens is 2. The fourth-order valence-corrected chi connectivity index (χ4v) is 5.65. The van der Waals surface area contributed by atoms with Gasteiger partial charge in [0.25, 0.3) is 0 Å². The van der Waals surface area contributed by atoms with E-state index >= 15 is 0 Å². The molecule has 0 spiro atoms. The average molecular weight is 541 g/mol. The third kappa shape index (κ3) is 9.95. The van der Waals surface area contributed by atoms with Crippen LogP contribution in [0.4, 0.5) is 8.78 Å². The van der Waals surface area contributed by atoms with E-state index in [0.717, 1.165) is 68.1 Å². The maximum Gasteiger partial charge on any atom is 0.309 e. The molecule has 0 saturated heterocycles. The minimum atomic E-state index is -1.51. The molecule has 0 aliphatic carbocycles. The molecule has 0 aromatic carbocycles. The Morgan fingerprint density at radius 3 is 2.35 bits per heavy atom. The molecule has 210 valence electrons. The van der Waals surface area contributed by atoms with Gasteiger partial charge >= 0.3 is 5.97 Å². The number of alkyl halides is 1. The van der Waals surface area contributed by atoms with Gasteiger partial charge in [0.05, 0.1) is 22.9 Å². The van der Waals surface area contributed by atoms with Crippen LogP contribution in [0, 0.1) is 30.0 Å². The van der Waals surface area contributed by atoms with Crippen LogP contribution in [0.2, 0.25) is 0 Å². The number of aliphatic carboxylic acids is 1. The second-order valence-electron chi connectivity index (χ2n) is 10.1. The minimum Gasteiger partial charge on any atom is -0.481 e. The van der Waals surface area contributed by atoms with E-state index in [0.29, 0.717) is 22.4 Å². The van der Waals surface area contributed by atoms with E-state index in [9.17, 15) is 18.7 Å². The Morgan fingerprint density at radius 1 is 1.19 bits per heavy atom. The first-order chi connectivity index (χ1) is 17.4. The van der Waals surface area contributed by atoms with Gasteiger partial charge in [0, 0.05) is 11.8 Å². The molecule has 2 rings (SSSR count). The monoisotopic (exact) mass is 540 g/mol. The van der Waals surface area contributed by atoms with Gasteiger partial charge in [-0.3, -0.25) is 4.79 Å². The predicted molar refractivity (Wildman–Crippen MR) is 148 cm³/mol. The summed E-state index contributed by atoms with van der Waals surface area (Å²) in [6.07, 6.45) is 7.05. The number of carboxylic acids is 1. The first kappa shape index (κ1) is 32.9. The van der Waals surface area contributed by atoms with Crippen molar-refractivity contribution in [3.63, 3.8) is 0 Å². The Labute approximate surface area is 226 Å². The Balaban J connectivity index is 0.000000387. The molecule has 2 aromatic heterocycles. The van der Waals surface area contributed by atoms with Crippen molar-refractivity contribution in [1.29, 1.82) is 0 Å². The quantitative estimate of drug-likeness (QED) is 0.259. The molecule has 2 heterocycles. The highest BCUT2D eigenvalue weighted by molar-refractivity contribution is 7.15. The fraction of sp³-hybridized carbons (Fsp3) is 0.690. The Kier molecular flexibility index (Phi) is 14.2. The zero-order chi connectivity index (χ0) is 28.2. The fourth-order valence-electron chi connectivity index (χ4n) is 4.54. The summed E-state index contributed by atoms with van der Waals surface area (Å²) in [5, 5.41) is 10.1. The van der Waals surface area contributed by atoms with E-state index < -0.39 is 23.6 Å². The minimum absolute atomic E-state index is 0.0715. The number of halogens is 2. The van der Waals surface area contributed by atoms with Gasteiger partial charge in [0.1, 0.15) is 10.8 Å². The summed E-state index contributed by atoms with van der Waals surface area (Å²) in [6.45, 7) is 16.0. The number of unbranched alkanes of at least 4 members (excludes halogenated alkanes) is 1. The molecule has 0 fully saturated rings. The van der Waals surface area contributed by atoms with Gasteiger partial charge in [0.2, 0.25) is 12.2 Å². The number of hydrogen-bond donors (Lipinski definition) is 1. The van der Waals surface area contributed by atoms with Gasteiger partial charge in [-0.15, -0.1) is 11.3 Å². The van der Waals surface area contributed by atoms with Gasteiger partial charge in [-0.25, -0.2) is 18.7 Å². The summed E-state index contributed by atoms with van der Waals surface area (Å²) in [5.74, 6) is 0.0831. The highest BCUT2D eigenvalue weighted by Crippen LogP contribution is 2.39. The molecule has 0 aliphatic heterocycles. The Bertz CT molecular complexity index is 965. The number of thiazole rings is 1. The van der Waals surface area contributed by atoms with Gasteiger partial charge in [-0.1, -0.05) is 60.8 Å². The third-order valence-corrected chi connectivity index (χ3v) is 8.20. The molecule has 3 unspecified atom stereocenters. The van der Waals surface area contributed by atoms with Gasteiger partial charge in [-0.2, -0.15) is 0 Å². The first-order valence-electron chi connectivity index (χ1n) is 13.6. The molecule has 37 heavy (non-hydrogen) atoms. The lowest BCUT2D eigenvalue weighted by molar-refractivity contribution is -0.151. The van der Waals surface area contributed by atoms with Gasteiger partial charge in [-0.05, 0) is 56.9 Å². The van der Waals surface area contributed by atoms with Crippen LogP contribution in [-0.2, 0) is 11.2 Å². The van der Waals surface area contributed by atoms with Gasteiger partial charge < -0.3 is 9.84 Å². The zero-order valence-corrected chi connectivity index (χ0v) is 24.7. The number of rotatable bonds is 14. The summed E-state index contributed by atoms with van der Waals surface area (Å²) >= 11 is 1.48. The molecule has 0 aliphatic rings. The van der Waals surface area contributed by atoms with Crippen molar-refractivity contribution >= 4 is 17.3 Å². The second kappa shape index (κ2) is 16.0. The highest BCUT2D eigenvalue weighted by atomic mass is 32.1. The van der Waals surface area contributed by atoms with E-state index in [1.165, 1.54) is 24.3 Å². The van der Waals surface area contributed by atoms with Crippen LogP contribution in [0.25, 0.3) is 10.6 Å². The van der Waals surface area contributed by atoms with Crippen LogP contribution in [-0.4, -0.2) is 27.4 Å². The van der Waals surface area contributed by atoms with Crippen LogP contribution in [0.1, 0.15) is 104 Å². The molecule has 0 bridgehead atoms. The van der Waals surface area contributed by atoms with Gasteiger partial charge in [0.15, 0.2) is 0 Å². The Morgan fingerprint density at radius 2 is 1.86 bits per heavy atom. The average Bonchev–Trinajstić information content (AvgIpc) is 3.21. The molecule has 1 N–H and O–H groups in total. The second-order valence-corrected chi connectivity index (χ2v) is 11.2. The molecule has 3 atom stereocenters. The maximum absolute atomic E-state index is 13.4. The number of ether oxygens (including phenoxy) is 1. The summed E-state index contributed by atoms with van der Waals surface area (Å²) in [5.41, 5.74) is 0.835. The topological polar surface area (TPSA) is 72.3 Å². The lowest BCUT2D eigenvalue weighted by Crippen LogP contribution is -2.33. The predicted octanol–water partition coefficient (Wildman–Crippen LogP) is 9.03. The molecule has 8 heteroatoms. The van der Waals surface area contributed by atoms with E-state index in [1.54, 1.807) is 0 Å². The van der Waals surface area contributed by atoms with Crippen molar-refractivity contribution in [3.05, 3.63) is 28.7 Å². The molecule has 2 aromatic rings. The molecule has 0 saturated carbocycles. The molecule has 0 radical (unpaired) electrons. The van der Waals surface area contributed by atoms with Crippen LogP contribution < -0.4 is 4.74 Å². The van der Waals surface area contributed by atoms with Crippen molar-refractivity contribution < 1.29 is 23.4 Å². The summed E-state index contributed by atoms with van der Waals surface area (Å²) < 4.78 is 31.5. The maximum atomic E-state index is 13.4. The normalized spacial score (nSPS) is 14.5. The number of carbonyl (C=O) groups is 1. The van der Waals surface area contributed by atoms with Crippen LogP contribution >= 0.6 is 11.3 Å². The molecule has 0 amide bonds. The largest absolute Gasteiger partial charge is 0.481 e. The molecular formula is C29H46F2N2O3S.